The molecule has 1 aromatic rings. The van der Waals surface area contributed by atoms with E-state index in [-0.39, 0.29) is 11.9 Å². The van der Waals surface area contributed by atoms with Crippen LogP contribution in [0, 0.1) is 5.82 Å². The van der Waals surface area contributed by atoms with Crippen LogP contribution in [0.1, 0.15) is 12.8 Å². The van der Waals surface area contributed by atoms with Gasteiger partial charge in [-0.15, -0.1) is 0 Å². The third kappa shape index (κ3) is 2.52. The van der Waals surface area contributed by atoms with E-state index < -0.39 is 0 Å². The van der Waals surface area contributed by atoms with Gasteiger partial charge in [0.15, 0.2) is 0 Å². The molecule has 2 rings (SSSR count). The Morgan fingerprint density at radius 1 is 1.53 bits per heavy atom. The summed E-state index contributed by atoms with van der Waals surface area (Å²) in [6.45, 7) is 1.62. The molecule has 0 aromatic heterocycles. The van der Waals surface area contributed by atoms with E-state index >= 15 is 0 Å². The van der Waals surface area contributed by atoms with Crippen LogP contribution in [0.5, 0.6) is 5.75 Å². The third-order valence-corrected chi connectivity index (χ3v) is 3.25. The molecule has 1 atom stereocenters. The zero-order chi connectivity index (χ0) is 12.3. The number of anilines is 1. The van der Waals surface area contributed by atoms with Gasteiger partial charge in [0, 0.05) is 7.05 Å². The zero-order valence-corrected chi connectivity index (χ0v) is 10.4. The lowest BCUT2D eigenvalue weighted by Crippen LogP contribution is -2.41. The van der Waals surface area contributed by atoms with Crippen LogP contribution in [-0.4, -0.2) is 33.3 Å². The molecule has 1 N–H and O–H groups in total. The summed E-state index contributed by atoms with van der Waals surface area (Å²) in [7, 11) is 3.88. The Morgan fingerprint density at radius 3 is 3.12 bits per heavy atom. The average Bonchev–Trinajstić information content (AvgIpc) is 2.32. The van der Waals surface area contributed by atoms with Gasteiger partial charge in [0.05, 0.1) is 6.04 Å². The lowest BCUT2D eigenvalue weighted by molar-refractivity contribution is 0.255. The van der Waals surface area contributed by atoms with E-state index in [2.05, 4.69) is 5.32 Å². The summed E-state index contributed by atoms with van der Waals surface area (Å²) in [6.07, 6.45) is 2.07. The number of likely N-dealkylation sites (N-methyl/N-ethyl adjacent to an activating group) is 1. The molecule has 0 aliphatic carbocycles. The molecule has 1 heterocycles. The molecule has 0 radical (unpaired) electrons. The number of benzene rings is 1. The number of nitrogens with zero attached hydrogens (tertiary/aromatic N) is 1. The molecular formula is C13H19FN2O. The van der Waals surface area contributed by atoms with Crippen molar-refractivity contribution in [3.63, 3.8) is 0 Å². The second-order valence-electron chi connectivity index (χ2n) is 4.41. The highest BCUT2D eigenvalue weighted by atomic mass is 19.1. The van der Waals surface area contributed by atoms with Gasteiger partial charge >= 0.3 is 0 Å². The van der Waals surface area contributed by atoms with E-state index in [0.29, 0.717) is 18.0 Å². The molecule has 1 unspecified atom stereocenters. The van der Waals surface area contributed by atoms with Gasteiger partial charge in [-0.05, 0) is 38.6 Å². The standard InChI is InChI=1S/C13H19FN2O/c1-15-8-4-5-10-9-17-12-7-3-6-11(14)13(12)16(10)2/h3,6-7,10,15H,4-5,8-9H2,1-2H3. The van der Waals surface area contributed by atoms with E-state index in [1.165, 1.54) is 6.07 Å². The van der Waals surface area contributed by atoms with Crippen LogP contribution in [0.15, 0.2) is 18.2 Å². The van der Waals surface area contributed by atoms with Gasteiger partial charge in [0.25, 0.3) is 0 Å². The van der Waals surface area contributed by atoms with Gasteiger partial charge in [-0.1, -0.05) is 6.07 Å². The molecule has 94 valence electrons. The molecule has 1 aliphatic rings. The molecule has 3 nitrogen and oxygen atoms in total. The van der Waals surface area contributed by atoms with Crippen LogP contribution in [-0.2, 0) is 0 Å². The molecular weight excluding hydrogens is 219 g/mol. The van der Waals surface area contributed by atoms with Crippen LogP contribution in [0.4, 0.5) is 10.1 Å². The molecule has 0 saturated heterocycles. The molecule has 4 heteroatoms. The van der Waals surface area contributed by atoms with Crippen molar-refractivity contribution in [1.82, 2.24) is 5.32 Å². The summed E-state index contributed by atoms with van der Waals surface area (Å²) >= 11 is 0. The zero-order valence-electron chi connectivity index (χ0n) is 10.4. The molecule has 0 amide bonds. The number of ether oxygens (including phenoxy) is 1. The predicted octanol–water partition coefficient (Wildman–Crippen LogP) is 2.02. The summed E-state index contributed by atoms with van der Waals surface area (Å²) in [5.74, 6) is 0.445. The summed E-state index contributed by atoms with van der Waals surface area (Å²) in [5.41, 5.74) is 0.591. The molecule has 17 heavy (non-hydrogen) atoms. The van der Waals surface area contributed by atoms with Gasteiger partial charge in [-0.25, -0.2) is 4.39 Å². The fraction of sp³-hybridized carbons (Fsp3) is 0.538. The predicted molar refractivity (Wildman–Crippen MR) is 67.2 cm³/mol. The molecule has 0 bridgehead atoms. The van der Waals surface area contributed by atoms with Crippen molar-refractivity contribution >= 4 is 5.69 Å². The van der Waals surface area contributed by atoms with Crippen LogP contribution < -0.4 is 15.0 Å². The highest BCUT2D eigenvalue weighted by Gasteiger charge is 2.26. The second kappa shape index (κ2) is 5.36. The van der Waals surface area contributed by atoms with Crippen molar-refractivity contribution in [2.75, 3.05) is 32.1 Å². The minimum atomic E-state index is -0.205. The molecule has 0 saturated carbocycles. The monoisotopic (exact) mass is 238 g/mol. The average molecular weight is 238 g/mol. The third-order valence-electron chi connectivity index (χ3n) is 3.25. The first-order chi connectivity index (χ1) is 8.24. The highest BCUT2D eigenvalue weighted by Crippen LogP contribution is 2.35. The molecule has 1 aromatic carbocycles. The first-order valence-electron chi connectivity index (χ1n) is 6.02. The van der Waals surface area contributed by atoms with E-state index in [4.69, 9.17) is 4.74 Å². The van der Waals surface area contributed by atoms with Gasteiger partial charge in [-0.3, -0.25) is 0 Å². The number of hydrogen-bond acceptors (Lipinski definition) is 3. The minimum absolute atomic E-state index is 0.205. The smallest absolute Gasteiger partial charge is 0.150 e. The Morgan fingerprint density at radius 2 is 2.35 bits per heavy atom. The Balaban J connectivity index is 2.09. The highest BCUT2D eigenvalue weighted by molar-refractivity contribution is 5.61. The number of halogens is 1. The summed E-state index contributed by atoms with van der Waals surface area (Å²) < 4.78 is 19.4. The van der Waals surface area contributed by atoms with E-state index in [1.807, 2.05) is 25.1 Å². The number of nitrogens with one attached hydrogen (secondary N) is 1. The Kier molecular flexibility index (Phi) is 3.84. The van der Waals surface area contributed by atoms with Crippen molar-refractivity contribution in [3.05, 3.63) is 24.0 Å². The van der Waals surface area contributed by atoms with Crippen molar-refractivity contribution in [1.29, 1.82) is 0 Å². The fourth-order valence-electron chi connectivity index (χ4n) is 2.23. The number of rotatable bonds is 4. The first-order valence-corrected chi connectivity index (χ1v) is 6.02. The number of para-hydroxylation sites is 1. The van der Waals surface area contributed by atoms with Crippen molar-refractivity contribution in [2.24, 2.45) is 0 Å². The van der Waals surface area contributed by atoms with Gasteiger partial charge in [0.2, 0.25) is 0 Å². The van der Waals surface area contributed by atoms with Crippen molar-refractivity contribution in [3.8, 4) is 5.75 Å². The lowest BCUT2D eigenvalue weighted by Gasteiger charge is -2.36. The van der Waals surface area contributed by atoms with Crippen LogP contribution in [0.3, 0.4) is 0 Å². The van der Waals surface area contributed by atoms with Gasteiger partial charge in [-0.2, -0.15) is 0 Å². The van der Waals surface area contributed by atoms with Gasteiger partial charge < -0.3 is 15.0 Å². The summed E-state index contributed by atoms with van der Waals surface area (Å²) in [4.78, 5) is 2.00. The maximum absolute atomic E-state index is 13.7. The number of hydrogen-bond donors (Lipinski definition) is 1. The summed E-state index contributed by atoms with van der Waals surface area (Å²) in [5, 5.41) is 3.12. The lowest BCUT2D eigenvalue weighted by atomic mass is 10.1. The van der Waals surface area contributed by atoms with E-state index in [9.17, 15) is 4.39 Å². The van der Waals surface area contributed by atoms with E-state index in [0.717, 1.165) is 19.4 Å². The van der Waals surface area contributed by atoms with Gasteiger partial charge in [0.1, 0.15) is 23.9 Å². The molecule has 0 spiro atoms. The topological polar surface area (TPSA) is 24.5 Å². The fourth-order valence-corrected chi connectivity index (χ4v) is 2.23. The minimum Gasteiger partial charge on any atom is -0.489 e. The summed E-state index contributed by atoms with van der Waals surface area (Å²) in [6, 6.07) is 5.24. The van der Waals surface area contributed by atoms with Crippen LogP contribution >= 0.6 is 0 Å². The Hall–Kier alpha value is -1.29. The second-order valence-corrected chi connectivity index (χ2v) is 4.41. The van der Waals surface area contributed by atoms with E-state index in [1.54, 1.807) is 6.07 Å². The normalized spacial score (nSPS) is 18.8. The van der Waals surface area contributed by atoms with Crippen LogP contribution in [0.2, 0.25) is 0 Å². The molecule has 1 aliphatic heterocycles. The van der Waals surface area contributed by atoms with Crippen LogP contribution in [0.25, 0.3) is 0 Å². The van der Waals surface area contributed by atoms with Crippen molar-refractivity contribution in [2.45, 2.75) is 18.9 Å². The maximum Gasteiger partial charge on any atom is 0.150 e. The molecule has 0 fully saturated rings. The largest absolute Gasteiger partial charge is 0.489 e. The quantitative estimate of drug-likeness (QED) is 0.812. The Bertz CT molecular complexity index is 384. The Labute approximate surface area is 102 Å². The number of fused-ring (bicyclic) bond motifs is 1. The SMILES string of the molecule is CNCCCC1COc2cccc(F)c2N1C. The van der Waals surface area contributed by atoms with Crippen molar-refractivity contribution < 1.29 is 9.13 Å². The first kappa shape index (κ1) is 12.2. The maximum atomic E-state index is 13.7.